The van der Waals surface area contributed by atoms with Gasteiger partial charge in [0.2, 0.25) is 0 Å². The molecule has 0 radical (unpaired) electrons. The number of methoxy groups -OCH3 is 1. The predicted octanol–water partition coefficient (Wildman–Crippen LogP) is 3.84. The minimum atomic E-state index is 0.308. The summed E-state index contributed by atoms with van der Waals surface area (Å²) in [5.41, 5.74) is 1.83. The van der Waals surface area contributed by atoms with Crippen LogP contribution in [0, 0.1) is 6.92 Å². The second kappa shape index (κ2) is 4.75. The molecule has 4 heteroatoms. The fourth-order valence-corrected chi connectivity index (χ4v) is 2.00. The minimum Gasteiger partial charge on any atom is -0.496 e. The van der Waals surface area contributed by atoms with Gasteiger partial charge in [-0.25, -0.2) is 0 Å². The first-order chi connectivity index (χ1) is 8.17. The number of hydrogen-bond donors (Lipinski definition) is 0. The molecule has 1 heterocycles. The Bertz CT molecular complexity index is 558. The Kier molecular flexibility index (Phi) is 3.33. The zero-order valence-electron chi connectivity index (χ0n) is 9.49. The summed E-state index contributed by atoms with van der Waals surface area (Å²) in [5, 5.41) is 0. The van der Waals surface area contributed by atoms with Crippen LogP contribution in [-0.4, -0.2) is 13.4 Å². The number of rotatable bonds is 3. The van der Waals surface area contributed by atoms with Crippen molar-refractivity contribution in [2.45, 2.75) is 6.92 Å². The molecule has 0 aliphatic carbocycles. The molecule has 2 aromatic rings. The van der Waals surface area contributed by atoms with E-state index in [0.29, 0.717) is 17.8 Å². The van der Waals surface area contributed by atoms with Crippen molar-refractivity contribution in [3.63, 3.8) is 0 Å². The maximum atomic E-state index is 10.6. The molecule has 2 rings (SSSR count). The van der Waals surface area contributed by atoms with Crippen molar-refractivity contribution in [2.24, 2.45) is 0 Å². The summed E-state index contributed by atoms with van der Waals surface area (Å²) in [6, 6.07) is 7.22. The highest BCUT2D eigenvalue weighted by molar-refractivity contribution is 9.10. The number of halogens is 1. The Hall–Kier alpha value is -1.55. The molecule has 0 aliphatic rings. The lowest BCUT2D eigenvalue weighted by molar-refractivity contribution is 0.110. The summed E-state index contributed by atoms with van der Waals surface area (Å²) in [5.74, 6) is 1.67. The third kappa shape index (κ3) is 2.13. The van der Waals surface area contributed by atoms with Crippen LogP contribution in [0.15, 0.2) is 33.2 Å². The van der Waals surface area contributed by atoms with E-state index in [1.807, 2.05) is 19.1 Å². The topological polar surface area (TPSA) is 39.4 Å². The number of furan rings is 1. The zero-order chi connectivity index (χ0) is 12.4. The number of hydrogen-bond acceptors (Lipinski definition) is 3. The van der Waals surface area contributed by atoms with Crippen molar-refractivity contribution in [1.29, 1.82) is 0 Å². The van der Waals surface area contributed by atoms with Crippen molar-refractivity contribution in [2.75, 3.05) is 7.11 Å². The van der Waals surface area contributed by atoms with E-state index >= 15 is 0 Å². The van der Waals surface area contributed by atoms with Crippen LogP contribution in [0.3, 0.4) is 0 Å². The monoisotopic (exact) mass is 294 g/mol. The molecule has 0 aliphatic heterocycles. The Morgan fingerprint density at radius 1 is 1.29 bits per heavy atom. The van der Waals surface area contributed by atoms with Gasteiger partial charge in [0.15, 0.2) is 12.0 Å². The molecule has 1 aromatic heterocycles. The molecule has 1 aromatic carbocycles. The molecular formula is C13H11BrO3. The van der Waals surface area contributed by atoms with Crippen LogP contribution in [0.5, 0.6) is 5.75 Å². The van der Waals surface area contributed by atoms with E-state index < -0.39 is 0 Å². The molecule has 88 valence electrons. The van der Waals surface area contributed by atoms with Crippen LogP contribution in [0.25, 0.3) is 11.3 Å². The maximum absolute atomic E-state index is 10.6. The van der Waals surface area contributed by atoms with E-state index in [1.54, 1.807) is 19.2 Å². The first-order valence-electron chi connectivity index (χ1n) is 5.06. The molecule has 3 nitrogen and oxygen atoms in total. The SMILES string of the molecule is COc1c(-c2ccc(C=O)o2)ccc(Br)c1C. The standard InChI is InChI=1S/C13H11BrO3/c1-8-11(14)5-4-10(13(8)16-2)12-6-3-9(7-15)17-12/h3-7H,1-2H3. The summed E-state index contributed by atoms with van der Waals surface area (Å²) in [4.78, 5) is 10.6. The van der Waals surface area contributed by atoms with Gasteiger partial charge in [0.25, 0.3) is 0 Å². The number of carbonyl (C=O) groups is 1. The third-order valence-electron chi connectivity index (χ3n) is 2.55. The third-order valence-corrected chi connectivity index (χ3v) is 3.41. The fraction of sp³-hybridized carbons (Fsp3) is 0.154. The van der Waals surface area contributed by atoms with E-state index in [4.69, 9.17) is 9.15 Å². The van der Waals surface area contributed by atoms with E-state index in [1.165, 1.54) is 0 Å². The summed E-state index contributed by atoms with van der Waals surface area (Å²) in [6.45, 7) is 1.95. The molecule has 0 spiro atoms. The van der Waals surface area contributed by atoms with E-state index in [2.05, 4.69) is 15.9 Å². The van der Waals surface area contributed by atoms with Crippen LogP contribution in [0.1, 0.15) is 16.1 Å². The van der Waals surface area contributed by atoms with Gasteiger partial charge in [0, 0.05) is 10.0 Å². The fourth-order valence-electron chi connectivity index (χ4n) is 1.69. The highest BCUT2D eigenvalue weighted by atomic mass is 79.9. The molecule has 0 saturated carbocycles. The van der Waals surface area contributed by atoms with Crippen LogP contribution >= 0.6 is 15.9 Å². The van der Waals surface area contributed by atoms with Crippen molar-refractivity contribution in [3.8, 4) is 17.1 Å². The minimum absolute atomic E-state index is 0.308. The number of ether oxygens (including phenoxy) is 1. The van der Waals surface area contributed by atoms with Gasteiger partial charge >= 0.3 is 0 Å². The van der Waals surface area contributed by atoms with Crippen molar-refractivity contribution >= 4 is 22.2 Å². The van der Waals surface area contributed by atoms with Crippen LogP contribution in [0.2, 0.25) is 0 Å². The summed E-state index contributed by atoms with van der Waals surface area (Å²) in [7, 11) is 1.61. The van der Waals surface area contributed by atoms with E-state index in [0.717, 1.165) is 21.3 Å². The van der Waals surface area contributed by atoms with Crippen molar-refractivity contribution < 1.29 is 13.9 Å². The first-order valence-corrected chi connectivity index (χ1v) is 5.85. The second-order valence-corrected chi connectivity index (χ2v) is 4.43. The average molecular weight is 295 g/mol. The van der Waals surface area contributed by atoms with Gasteiger partial charge in [-0.3, -0.25) is 4.79 Å². The highest BCUT2D eigenvalue weighted by Crippen LogP contribution is 2.37. The van der Waals surface area contributed by atoms with Gasteiger partial charge in [0.05, 0.1) is 12.7 Å². The quantitative estimate of drug-likeness (QED) is 0.808. The van der Waals surface area contributed by atoms with Gasteiger partial charge < -0.3 is 9.15 Å². The lowest BCUT2D eigenvalue weighted by Crippen LogP contribution is -1.91. The van der Waals surface area contributed by atoms with Crippen molar-refractivity contribution in [3.05, 3.63) is 40.1 Å². The Morgan fingerprint density at radius 2 is 2.06 bits per heavy atom. The number of benzene rings is 1. The molecular weight excluding hydrogens is 284 g/mol. The van der Waals surface area contributed by atoms with Gasteiger partial charge in [-0.15, -0.1) is 0 Å². The summed E-state index contributed by atoms with van der Waals surface area (Å²) >= 11 is 3.45. The van der Waals surface area contributed by atoms with Crippen molar-refractivity contribution in [1.82, 2.24) is 0 Å². The highest BCUT2D eigenvalue weighted by Gasteiger charge is 2.14. The zero-order valence-corrected chi connectivity index (χ0v) is 11.1. The molecule has 0 unspecified atom stereocenters. The average Bonchev–Trinajstić information content (AvgIpc) is 2.81. The lowest BCUT2D eigenvalue weighted by atomic mass is 10.1. The molecule has 17 heavy (non-hydrogen) atoms. The molecule has 0 amide bonds. The van der Waals surface area contributed by atoms with Gasteiger partial charge in [-0.2, -0.15) is 0 Å². The molecule has 0 saturated heterocycles. The van der Waals surface area contributed by atoms with Gasteiger partial charge in [0.1, 0.15) is 11.5 Å². The summed E-state index contributed by atoms with van der Waals surface area (Å²) in [6.07, 6.45) is 0.682. The van der Waals surface area contributed by atoms with E-state index in [-0.39, 0.29) is 0 Å². The second-order valence-electron chi connectivity index (χ2n) is 3.57. The summed E-state index contributed by atoms with van der Waals surface area (Å²) < 4.78 is 11.7. The molecule has 0 bridgehead atoms. The first kappa shape index (κ1) is 11.9. The number of carbonyl (C=O) groups excluding carboxylic acids is 1. The van der Waals surface area contributed by atoms with Gasteiger partial charge in [-0.1, -0.05) is 15.9 Å². The normalized spacial score (nSPS) is 10.3. The van der Waals surface area contributed by atoms with Crippen LogP contribution in [-0.2, 0) is 0 Å². The number of aldehydes is 1. The smallest absolute Gasteiger partial charge is 0.185 e. The Balaban J connectivity index is 2.58. The van der Waals surface area contributed by atoms with Crippen LogP contribution in [0.4, 0.5) is 0 Å². The lowest BCUT2D eigenvalue weighted by Gasteiger charge is -2.10. The Morgan fingerprint density at radius 3 is 2.65 bits per heavy atom. The largest absolute Gasteiger partial charge is 0.496 e. The van der Waals surface area contributed by atoms with Gasteiger partial charge in [-0.05, 0) is 31.2 Å². The van der Waals surface area contributed by atoms with Crippen LogP contribution < -0.4 is 4.74 Å². The molecule has 0 N–H and O–H groups in total. The predicted molar refractivity (Wildman–Crippen MR) is 68.5 cm³/mol. The Labute approximate surface area is 108 Å². The maximum Gasteiger partial charge on any atom is 0.185 e. The molecule has 0 atom stereocenters. The molecule has 0 fully saturated rings. The van der Waals surface area contributed by atoms with E-state index in [9.17, 15) is 4.79 Å².